The summed E-state index contributed by atoms with van der Waals surface area (Å²) in [6.07, 6.45) is 29.5. The Bertz CT molecular complexity index is 1050. The van der Waals surface area contributed by atoms with Gasteiger partial charge in [0, 0.05) is 70.0 Å². The van der Waals surface area contributed by atoms with E-state index in [0.29, 0.717) is 56.1 Å². The van der Waals surface area contributed by atoms with Crippen molar-refractivity contribution < 1.29 is 23.9 Å². The molecule has 304 valence electrons. The molecule has 2 aliphatic heterocycles. The van der Waals surface area contributed by atoms with E-state index >= 15 is 0 Å². The normalized spacial score (nSPS) is 17.0. The molecule has 0 aromatic carbocycles. The van der Waals surface area contributed by atoms with Crippen molar-refractivity contribution in [3.8, 4) is 23.7 Å². The SMILES string of the molecule is CCCCCCCCCCCCC#CC#CCCCCCCCCC(=O)NCCOCCC.COCCCC(=O)CCCCC1SCC2NC(=O)NC21. The second-order valence-electron chi connectivity index (χ2n) is 14.6. The van der Waals surface area contributed by atoms with Crippen molar-refractivity contribution in [2.24, 2.45) is 0 Å². The molecule has 8 nitrogen and oxygen atoms in total. The molecule has 0 bridgehead atoms. The average molecular weight is 760 g/mol. The van der Waals surface area contributed by atoms with Gasteiger partial charge in [0.2, 0.25) is 5.91 Å². The summed E-state index contributed by atoms with van der Waals surface area (Å²) < 4.78 is 10.3. The Balaban J connectivity index is 0.000000593. The van der Waals surface area contributed by atoms with E-state index in [4.69, 9.17) is 9.47 Å². The molecule has 0 aromatic heterocycles. The molecule has 2 aliphatic rings. The largest absolute Gasteiger partial charge is 0.385 e. The molecular formula is C44H77N3O5S. The number of unbranched alkanes of at least 4 members (excludes halogenated alkanes) is 17. The third-order valence-corrected chi connectivity index (χ3v) is 11.2. The topological polar surface area (TPSA) is 106 Å². The number of fused-ring (bicyclic) bond motifs is 1. The first kappa shape index (κ1) is 48.8. The van der Waals surface area contributed by atoms with Crippen LogP contribution in [0.3, 0.4) is 0 Å². The monoisotopic (exact) mass is 760 g/mol. The van der Waals surface area contributed by atoms with Gasteiger partial charge in [0.25, 0.3) is 0 Å². The third-order valence-electron chi connectivity index (χ3n) is 9.70. The molecule has 0 aliphatic carbocycles. The van der Waals surface area contributed by atoms with Gasteiger partial charge in [-0.05, 0) is 56.8 Å². The Labute approximate surface area is 329 Å². The van der Waals surface area contributed by atoms with Gasteiger partial charge in [-0.25, -0.2) is 4.79 Å². The molecule has 0 spiro atoms. The molecule has 3 N–H and O–H groups in total. The second-order valence-corrected chi connectivity index (χ2v) is 15.9. The molecule has 2 saturated heterocycles. The lowest BCUT2D eigenvalue weighted by Crippen LogP contribution is -2.36. The number of carbonyl (C=O) groups is 3. The number of rotatable bonds is 32. The number of carbonyl (C=O) groups excluding carboxylic acids is 3. The zero-order valence-corrected chi connectivity index (χ0v) is 34.9. The number of methoxy groups -OCH3 is 1. The van der Waals surface area contributed by atoms with Crippen LogP contribution in [0, 0.1) is 23.7 Å². The number of ether oxygens (including phenoxy) is 2. The number of ketones is 1. The summed E-state index contributed by atoms with van der Waals surface area (Å²) in [5, 5.41) is 9.36. The maximum atomic E-state index is 11.7. The van der Waals surface area contributed by atoms with E-state index in [-0.39, 0.29) is 18.0 Å². The highest BCUT2D eigenvalue weighted by molar-refractivity contribution is 8.00. The van der Waals surface area contributed by atoms with Gasteiger partial charge in [0.15, 0.2) is 0 Å². The third kappa shape index (κ3) is 29.8. The fourth-order valence-electron chi connectivity index (χ4n) is 6.57. The quantitative estimate of drug-likeness (QED) is 0.0359. The van der Waals surface area contributed by atoms with Crippen molar-refractivity contribution in [2.45, 2.75) is 198 Å². The standard InChI is InChI=1S/C30H53NO2.C14H24N2O3S/c1-3-5-6-7-8-9-10-11-12-13-14-15-16-17-18-19-20-21-22-23-24-25-26-30(32)31-27-29-33-28-4-2;1-19-8-4-6-10(17)5-2-3-7-12-13-11(9-20-12)15-14(18)16-13/h3-14,19-29H2,1-2H3,(H,31,32);11-13H,2-9H2,1H3,(H2,15,16,18). The van der Waals surface area contributed by atoms with Crippen molar-refractivity contribution in [2.75, 3.05) is 39.2 Å². The molecule has 2 rings (SSSR count). The Morgan fingerprint density at radius 1 is 0.698 bits per heavy atom. The highest BCUT2D eigenvalue weighted by atomic mass is 32.2. The number of hydrogen-bond donors (Lipinski definition) is 3. The van der Waals surface area contributed by atoms with Crippen LogP contribution in [0.25, 0.3) is 0 Å². The fourth-order valence-corrected chi connectivity index (χ4v) is 8.11. The molecule has 2 fully saturated rings. The van der Waals surface area contributed by atoms with Crippen LogP contribution in [-0.4, -0.2) is 74.3 Å². The molecule has 0 aromatic rings. The predicted molar refractivity (Wildman–Crippen MR) is 223 cm³/mol. The number of urea groups is 1. The summed E-state index contributed by atoms with van der Waals surface area (Å²) in [6.45, 7) is 7.05. The lowest BCUT2D eigenvalue weighted by Gasteiger charge is -2.16. The molecular weight excluding hydrogens is 683 g/mol. The molecule has 3 unspecified atom stereocenters. The number of nitrogens with one attached hydrogen (secondary N) is 3. The summed E-state index contributed by atoms with van der Waals surface area (Å²) in [5.41, 5.74) is 0. The highest BCUT2D eigenvalue weighted by Gasteiger charge is 2.42. The lowest BCUT2D eigenvalue weighted by molar-refractivity contribution is -0.121. The van der Waals surface area contributed by atoms with Crippen molar-refractivity contribution in [3.05, 3.63) is 0 Å². The van der Waals surface area contributed by atoms with E-state index in [1.165, 1.54) is 83.5 Å². The van der Waals surface area contributed by atoms with Gasteiger partial charge in [0.1, 0.15) is 5.78 Å². The zero-order valence-electron chi connectivity index (χ0n) is 34.1. The summed E-state index contributed by atoms with van der Waals surface area (Å²) in [4.78, 5) is 34.6. The van der Waals surface area contributed by atoms with Crippen molar-refractivity contribution in [1.29, 1.82) is 0 Å². The van der Waals surface area contributed by atoms with Gasteiger partial charge in [-0.2, -0.15) is 11.8 Å². The van der Waals surface area contributed by atoms with E-state index in [1.54, 1.807) is 7.11 Å². The minimum Gasteiger partial charge on any atom is -0.385 e. The van der Waals surface area contributed by atoms with Crippen LogP contribution in [-0.2, 0) is 19.1 Å². The Morgan fingerprint density at radius 2 is 1.28 bits per heavy atom. The first-order valence-electron chi connectivity index (χ1n) is 21.5. The van der Waals surface area contributed by atoms with Crippen LogP contribution >= 0.6 is 11.8 Å². The van der Waals surface area contributed by atoms with Crippen LogP contribution in [0.1, 0.15) is 181 Å². The van der Waals surface area contributed by atoms with E-state index in [9.17, 15) is 14.4 Å². The summed E-state index contributed by atoms with van der Waals surface area (Å²) in [6, 6.07) is 0.553. The van der Waals surface area contributed by atoms with Crippen molar-refractivity contribution >= 4 is 29.5 Å². The van der Waals surface area contributed by atoms with Gasteiger partial charge < -0.3 is 25.4 Å². The van der Waals surface area contributed by atoms with E-state index < -0.39 is 0 Å². The first-order valence-corrected chi connectivity index (χ1v) is 22.6. The minimum atomic E-state index is -0.0291. The Hall–Kier alpha value is -2.20. The molecule has 3 atom stereocenters. The average Bonchev–Trinajstić information content (AvgIpc) is 3.71. The Kier molecular flexibility index (Phi) is 33.9. The first-order chi connectivity index (χ1) is 26.0. The van der Waals surface area contributed by atoms with E-state index in [2.05, 4.69) is 53.5 Å². The van der Waals surface area contributed by atoms with Crippen LogP contribution < -0.4 is 16.0 Å². The van der Waals surface area contributed by atoms with Crippen LogP contribution in [0.15, 0.2) is 0 Å². The highest BCUT2D eigenvalue weighted by Crippen LogP contribution is 2.33. The maximum absolute atomic E-state index is 11.7. The van der Waals surface area contributed by atoms with Gasteiger partial charge in [-0.3, -0.25) is 9.59 Å². The van der Waals surface area contributed by atoms with Crippen LogP contribution in [0.2, 0.25) is 0 Å². The maximum Gasteiger partial charge on any atom is 0.315 e. The Morgan fingerprint density at radius 3 is 1.91 bits per heavy atom. The van der Waals surface area contributed by atoms with Crippen molar-refractivity contribution in [1.82, 2.24) is 16.0 Å². The number of amides is 3. The molecule has 0 saturated carbocycles. The molecule has 2 heterocycles. The molecule has 3 amide bonds. The smallest absolute Gasteiger partial charge is 0.315 e. The summed E-state index contributed by atoms with van der Waals surface area (Å²) in [7, 11) is 1.66. The fraction of sp³-hybridized carbons (Fsp3) is 0.841. The van der Waals surface area contributed by atoms with Crippen LogP contribution in [0.4, 0.5) is 4.79 Å². The molecule has 9 heteroatoms. The van der Waals surface area contributed by atoms with Crippen molar-refractivity contribution in [3.63, 3.8) is 0 Å². The van der Waals surface area contributed by atoms with Gasteiger partial charge in [0.05, 0.1) is 18.7 Å². The van der Waals surface area contributed by atoms with Gasteiger partial charge in [-0.1, -0.05) is 116 Å². The zero-order chi connectivity index (χ0) is 38.5. The predicted octanol–water partition coefficient (Wildman–Crippen LogP) is 9.68. The van der Waals surface area contributed by atoms with Crippen LogP contribution in [0.5, 0.6) is 0 Å². The number of Topliss-reactive ketones (excluding diaryl/α,β-unsaturated/α-hetero) is 1. The molecule has 0 radical (unpaired) electrons. The second kappa shape index (κ2) is 36.8. The van der Waals surface area contributed by atoms with E-state index in [1.807, 2.05) is 11.8 Å². The number of thioether (sulfide) groups is 1. The lowest BCUT2D eigenvalue weighted by atomic mass is 10.0. The molecule has 53 heavy (non-hydrogen) atoms. The summed E-state index contributed by atoms with van der Waals surface area (Å²) >= 11 is 1.93. The van der Waals surface area contributed by atoms with Gasteiger partial charge >= 0.3 is 6.03 Å². The number of hydrogen-bond acceptors (Lipinski definition) is 6. The minimum absolute atomic E-state index is 0.0291. The van der Waals surface area contributed by atoms with E-state index in [0.717, 1.165) is 76.6 Å². The summed E-state index contributed by atoms with van der Waals surface area (Å²) in [5.74, 6) is 13.9. The van der Waals surface area contributed by atoms with Gasteiger partial charge in [-0.15, -0.1) is 0 Å².